The molecule has 1 aliphatic carbocycles. The number of rotatable bonds is 3. The Balaban J connectivity index is 1.92. The van der Waals surface area contributed by atoms with Gasteiger partial charge >= 0.3 is 12.1 Å². The number of hydrogen-bond donors (Lipinski definition) is 1. The predicted octanol–water partition coefficient (Wildman–Crippen LogP) is 0.311. The van der Waals surface area contributed by atoms with Crippen molar-refractivity contribution in [2.24, 2.45) is 11.3 Å². The highest BCUT2D eigenvalue weighted by Gasteiger charge is 2.53. The molecule has 6 heteroatoms. The molecule has 1 N–H and O–H groups in total. The zero-order valence-corrected chi connectivity index (χ0v) is 10.0. The summed E-state index contributed by atoms with van der Waals surface area (Å²) in [6.45, 7) is 1.52. The van der Waals surface area contributed by atoms with E-state index in [-0.39, 0.29) is 11.3 Å². The van der Waals surface area contributed by atoms with Crippen molar-refractivity contribution in [1.29, 1.82) is 0 Å². The van der Waals surface area contributed by atoms with E-state index in [2.05, 4.69) is 10.1 Å². The summed E-state index contributed by atoms with van der Waals surface area (Å²) in [4.78, 5) is 22.8. The number of ether oxygens (including phenoxy) is 3. The number of nitrogens with one attached hydrogen (secondary N) is 1. The lowest BCUT2D eigenvalue weighted by molar-refractivity contribution is -0.188. The quantitative estimate of drug-likeness (QED) is 0.722. The Hall–Kier alpha value is -1.30. The topological polar surface area (TPSA) is 73.9 Å². The Kier molecular flexibility index (Phi) is 3.24. The second kappa shape index (κ2) is 4.52. The van der Waals surface area contributed by atoms with Gasteiger partial charge in [0.25, 0.3) is 0 Å². The minimum Gasteiger partial charge on any atom is -0.467 e. The molecule has 1 heterocycles. The van der Waals surface area contributed by atoms with Gasteiger partial charge in [-0.3, -0.25) is 0 Å². The summed E-state index contributed by atoms with van der Waals surface area (Å²) in [6, 6.07) is -0.612. The minimum atomic E-state index is -0.612. The van der Waals surface area contributed by atoms with Gasteiger partial charge in [0.05, 0.1) is 27.4 Å². The van der Waals surface area contributed by atoms with Crippen LogP contribution < -0.4 is 5.32 Å². The molecule has 2 aliphatic rings. The van der Waals surface area contributed by atoms with Crippen LogP contribution in [0.1, 0.15) is 12.8 Å². The molecular weight excluding hydrogens is 226 g/mol. The number of methoxy groups -OCH3 is 2. The molecule has 1 spiro atoms. The van der Waals surface area contributed by atoms with E-state index in [1.54, 1.807) is 0 Å². The Morgan fingerprint density at radius 2 is 1.94 bits per heavy atom. The molecule has 1 atom stereocenters. The SMILES string of the molecule is COC(=O)NC(C(=O)OC)C1CC2(COC2)C1. The van der Waals surface area contributed by atoms with E-state index in [9.17, 15) is 9.59 Å². The Morgan fingerprint density at radius 1 is 1.29 bits per heavy atom. The van der Waals surface area contributed by atoms with Crippen LogP contribution >= 0.6 is 0 Å². The normalized spacial score (nSPS) is 23.2. The Bertz CT molecular complexity index is 318. The molecular formula is C11H17NO5. The van der Waals surface area contributed by atoms with Gasteiger partial charge in [0, 0.05) is 5.41 Å². The standard InChI is InChI=1S/C11H17NO5/c1-15-9(13)8(12-10(14)16-2)7-3-11(4-7)5-17-6-11/h7-8H,3-6H2,1-2H3,(H,12,14). The van der Waals surface area contributed by atoms with E-state index in [1.165, 1.54) is 14.2 Å². The summed E-state index contributed by atoms with van der Waals surface area (Å²) >= 11 is 0. The lowest BCUT2D eigenvalue weighted by Gasteiger charge is -2.54. The van der Waals surface area contributed by atoms with Gasteiger partial charge in [-0.25, -0.2) is 9.59 Å². The zero-order chi connectivity index (χ0) is 12.5. The van der Waals surface area contributed by atoms with Gasteiger partial charge in [0.2, 0.25) is 0 Å². The maximum absolute atomic E-state index is 11.6. The lowest BCUT2D eigenvalue weighted by atomic mass is 9.58. The zero-order valence-electron chi connectivity index (χ0n) is 10.0. The summed E-state index contributed by atoms with van der Waals surface area (Å²) in [5.41, 5.74) is 0.245. The van der Waals surface area contributed by atoms with Crippen molar-refractivity contribution in [1.82, 2.24) is 5.32 Å². The van der Waals surface area contributed by atoms with Gasteiger partial charge < -0.3 is 19.5 Å². The smallest absolute Gasteiger partial charge is 0.407 e. The number of amides is 1. The highest BCUT2D eigenvalue weighted by molar-refractivity contribution is 5.81. The largest absolute Gasteiger partial charge is 0.467 e. The molecule has 0 aromatic carbocycles. The van der Waals surface area contributed by atoms with Gasteiger partial charge in [0.15, 0.2) is 0 Å². The third kappa shape index (κ3) is 2.22. The summed E-state index contributed by atoms with van der Waals surface area (Å²) < 4.78 is 14.4. The number of hydrogen-bond acceptors (Lipinski definition) is 5. The number of esters is 1. The van der Waals surface area contributed by atoms with E-state index >= 15 is 0 Å². The van der Waals surface area contributed by atoms with Crippen molar-refractivity contribution in [3.8, 4) is 0 Å². The van der Waals surface area contributed by atoms with Crippen LogP contribution in [0.5, 0.6) is 0 Å². The minimum absolute atomic E-state index is 0.116. The molecule has 2 fully saturated rings. The van der Waals surface area contributed by atoms with Crippen molar-refractivity contribution in [3.05, 3.63) is 0 Å². The van der Waals surface area contributed by atoms with Crippen LogP contribution in [0.2, 0.25) is 0 Å². The summed E-state index contributed by atoms with van der Waals surface area (Å²) in [6.07, 6.45) is 1.17. The van der Waals surface area contributed by atoms with Crippen LogP contribution in [0, 0.1) is 11.3 Å². The summed E-state index contributed by atoms with van der Waals surface area (Å²) in [7, 11) is 2.58. The van der Waals surface area contributed by atoms with E-state index in [1.807, 2.05) is 0 Å². The van der Waals surface area contributed by atoms with Crippen molar-refractivity contribution in [2.45, 2.75) is 18.9 Å². The molecule has 1 unspecified atom stereocenters. The average Bonchev–Trinajstić information content (AvgIpc) is 2.22. The van der Waals surface area contributed by atoms with Crippen molar-refractivity contribution in [2.75, 3.05) is 27.4 Å². The lowest BCUT2D eigenvalue weighted by Crippen LogP contribution is -2.59. The number of carbonyl (C=O) groups excluding carboxylic acids is 2. The summed E-state index contributed by atoms with van der Waals surface area (Å²) in [5.74, 6) is -0.305. The third-order valence-corrected chi connectivity index (χ3v) is 3.59. The molecule has 1 saturated carbocycles. The number of carbonyl (C=O) groups is 2. The number of alkyl carbamates (subject to hydrolysis) is 1. The van der Waals surface area contributed by atoms with Crippen LogP contribution in [0.3, 0.4) is 0 Å². The van der Waals surface area contributed by atoms with Crippen LogP contribution in [-0.2, 0) is 19.0 Å². The van der Waals surface area contributed by atoms with Gasteiger partial charge in [-0.2, -0.15) is 0 Å². The van der Waals surface area contributed by atoms with Gasteiger partial charge in [-0.15, -0.1) is 0 Å². The molecule has 1 saturated heterocycles. The maximum Gasteiger partial charge on any atom is 0.407 e. The van der Waals surface area contributed by atoms with Crippen molar-refractivity contribution >= 4 is 12.1 Å². The molecule has 0 aromatic rings. The molecule has 96 valence electrons. The predicted molar refractivity (Wildman–Crippen MR) is 57.3 cm³/mol. The highest BCUT2D eigenvalue weighted by Crippen LogP contribution is 2.51. The molecule has 0 aromatic heterocycles. The molecule has 2 rings (SSSR count). The van der Waals surface area contributed by atoms with Crippen molar-refractivity contribution < 1.29 is 23.8 Å². The molecule has 17 heavy (non-hydrogen) atoms. The van der Waals surface area contributed by atoms with E-state index in [0.717, 1.165) is 26.1 Å². The average molecular weight is 243 g/mol. The van der Waals surface area contributed by atoms with Crippen LogP contribution in [-0.4, -0.2) is 45.5 Å². The van der Waals surface area contributed by atoms with Gasteiger partial charge in [0.1, 0.15) is 6.04 Å². The Labute approximate surface area is 99.6 Å². The van der Waals surface area contributed by atoms with Crippen LogP contribution in [0.25, 0.3) is 0 Å². The van der Waals surface area contributed by atoms with Gasteiger partial charge in [-0.1, -0.05) is 0 Å². The highest BCUT2D eigenvalue weighted by atomic mass is 16.5. The van der Waals surface area contributed by atoms with Crippen molar-refractivity contribution in [3.63, 3.8) is 0 Å². The van der Waals surface area contributed by atoms with E-state index < -0.39 is 18.1 Å². The molecule has 0 bridgehead atoms. The second-order valence-electron chi connectivity index (χ2n) is 4.80. The first-order valence-electron chi connectivity index (χ1n) is 5.60. The molecule has 1 amide bonds. The first kappa shape index (κ1) is 12.2. The fourth-order valence-corrected chi connectivity index (χ4v) is 2.60. The maximum atomic E-state index is 11.6. The Morgan fingerprint density at radius 3 is 2.35 bits per heavy atom. The summed E-state index contributed by atoms with van der Waals surface area (Å²) in [5, 5.41) is 2.53. The fourth-order valence-electron chi connectivity index (χ4n) is 2.60. The van der Waals surface area contributed by atoms with E-state index in [0.29, 0.717) is 0 Å². The second-order valence-corrected chi connectivity index (χ2v) is 4.80. The van der Waals surface area contributed by atoms with Crippen LogP contribution in [0.15, 0.2) is 0 Å². The monoisotopic (exact) mass is 243 g/mol. The molecule has 6 nitrogen and oxygen atoms in total. The fraction of sp³-hybridized carbons (Fsp3) is 0.818. The third-order valence-electron chi connectivity index (χ3n) is 3.59. The molecule has 0 radical (unpaired) electrons. The van der Waals surface area contributed by atoms with Crippen LogP contribution in [0.4, 0.5) is 4.79 Å². The first-order valence-corrected chi connectivity index (χ1v) is 5.60. The first-order chi connectivity index (χ1) is 8.10. The van der Waals surface area contributed by atoms with E-state index in [4.69, 9.17) is 9.47 Å². The molecule has 1 aliphatic heterocycles. The van der Waals surface area contributed by atoms with Gasteiger partial charge in [-0.05, 0) is 18.8 Å².